The van der Waals surface area contributed by atoms with E-state index in [2.05, 4.69) is 37.7 Å². The molecule has 1 aliphatic heterocycles. The van der Waals surface area contributed by atoms with Crippen LogP contribution in [-0.4, -0.2) is 28.6 Å². The number of methoxy groups -OCH3 is 1. The Morgan fingerprint density at radius 2 is 1.74 bits per heavy atom. The molecule has 146 valence electrons. The lowest BCUT2D eigenvalue weighted by molar-refractivity contribution is 0.402. The molecule has 1 atom stereocenters. The third kappa shape index (κ3) is 4.83. The second-order valence-electron chi connectivity index (χ2n) is 6.78. The zero-order chi connectivity index (χ0) is 19.4. The molecule has 1 saturated heterocycles. The third-order valence-electron chi connectivity index (χ3n) is 4.86. The Kier molecular flexibility index (Phi) is 6.44. The normalized spacial score (nSPS) is 16.2. The Hall–Kier alpha value is -1.57. The van der Waals surface area contributed by atoms with Crippen molar-refractivity contribution >= 4 is 31.6 Å². The second kappa shape index (κ2) is 8.63. The fourth-order valence-corrected chi connectivity index (χ4v) is 5.29. The van der Waals surface area contributed by atoms with E-state index in [1.165, 1.54) is 32.1 Å². The van der Waals surface area contributed by atoms with E-state index in [9.17, 15) is 8.42 Å². The minimum absolute atomic E-state index is 0.121. The van der Waals surface area contributed by atoms with Crippen molar-refractivity contribution in [1.82, 2.24) is 4.72 Å². The van der Waals surface area contributed by atoms with Gasteiger partial charge in [0.1, 0.15) is 10.6 Å². The highest BCUT2D eigenvalue weighted by atomic mass is 79.9. The number of ether oxygens (including phenoxy) is 1. The standard InChI is InChI=1S/C20H25BrN2O3S/c1-15(16-6-9-18(10-7-16)23-12-4-3-5-13-23)22-27(24,25)20-14-17(21)8-11-19(20)26-2/h6-11,14-15,22H,3-5,12-13H2,1-2H3. The van der Waals surface area contributed by atoms with E-state index in [-0.39, 0.29) is 10.9 Å². The van der Waals surface area contributed by atoms with Crippen molar-refractivity contribution in [2.24, 2.45) is 0 Å². The number of piperidine rings is 1. The van der Waals surface area contributed by atoms with E-state index < -0.39 is 10.0 Å². The van der Waals surface area contributed by atoms with Crippen LogP contribution in [0.5, 0.6) is 5.75 Å². The molecule has 3 rings (SSSR count). The summed E-state index contributed by atoms with van der Waals surface area (Å²) in [5, 5.41) is 0. The summed E-state index contributed by atoms with van der Waals surface area (Å²) in [6.07, 6.45) is 3.76. The number of halogens is 1. The first-order valence-electron chi connectivity index (χ1n) is 9.11. The first-order chi connectivity index (χ1) is 12.9. The van der Waals surface area contributed by atoms with Crippen molar-refractivity contribution < 1.29 is 13.2 Å². The monoisotopic (exact) mass is 452 g/mol. The van der Waals surface area contributed by atoms with Crippen LogP contribution in [0.4, 0.5) is 5.69 Å². The Labute approximate surface area is 169 Å². The summed E-state index contributed by atoms with van der Waals surface area (Å²) in [4.78, 5) is 2.50. The molecule has 0 radical (unpaired) electrons. The van der Waals surface area contributed by atoms with Crippen LogP contribution >= 0.6 is 15.9 Å². The van der Waals surface area contributed by atoms with Gasteiger partial charge in [0.25, 0.3) is 0 Å². The van der Waals surface area contributed by atoms with Gasteiger partial charge in [-0.2, -0.15) is 0 Å². The van der Waals surface area contributed by atoms with Gasteiger partial charge in [0.2, 0.25) is 10.0 Å². The summed E-state index contributed by atoms with van der Waals surface area (Å²) in [5.41, 5.74) is 2.12. The molecular formula is C20H25BrN2O3S. The third-order valence-corrected chi connectivity index (χ3v) is 6.92. The minimum Gasteiger partial charge on any atom is -0.495 e. The van der Waals surface area contributed by atoms with Crippen molar-refractivity contribution in [3.8, 4) is 5.75 Å². The fourth-order valence-electron chi connectivity index (χ4n) is 3.35. The van der Waals surface area contributed by atoms with E-state index >= 15 is 0 Å². The molecule has 0 spiro atoms. The Bertz CT molecular complexity index is 879. The van der Waals surface area contributed by atoms with Gasteiger partial charge in [-0.05, 0) is 62.1 Å². The number of hydrogen-bond acceptors (Lipinski definition) is 4. The van der Waals surface area contributed by atoms with Crippen molar-refractivity contribution in [2.75, 3.05) is 25.1 Å². The highest BCUT2D eigenvalue weighted by Crippen LogP contribution is 2.29. The smallest absolute Gasteiger partial charge is 0.244 e. The van der Waals surface area contributed by atoms with Gasteiger partial charge in [-0.3, -0.25) is 0 Å². The summed E-state index contributed by atoms with van der Waals surface area (Å²) >= 11 is 3.32. The van der Waals surface area contributed by atoms with Gasteiger partial charge in [-0.25, -0.2) is 13.1 Å². The summed E-state index contributed by atoms with van der Waals surface area (Å²) < 4.78 is 34.3. The molecule has 1 N–H and O–H groups in total. The summed E-state index contributed by atoms with van der Waals surface area (Å²) in [6.45, 7) is 4.02. The van der Waals surface area contributed by atoms with E-state index in [1.807, 2.05) is 19.1 Å². The average Bonchev–Trinajstić information content (AvgIpc) is 2.68. The highest BCUT2D eigenvalue weighted by Gasteiger charge is 2.23. The van der Waals surface area contributed by atoms with E-state index in [0.717, 1.165) is 18.7 Å². The van der Waals surface area contributed by atoms with Gasteiger partial charge >= 0.3 is 0 Å². The van der Waals surface area contributed by atoms with Crippen LogP contribution in [0, 0.1) is 0 Å². The molecular weight excluding hydrogens is 428 g/mol. The number of anilines is 1. The largest absolute Gasteiger partial charge is 0.495 e. The Morgan fingerprint density at radius 1 is 1.07 bits per heavy atom. The van der Waals surface area contributed by atoms with Gasteiger partial charge in [0.15, 0.2) is 0 Å². The van der Waals surface area contributed by atoms with Crippen LogP contribution in [-0.2, 0) is 10.0 Å². The molecule has 2 aromatic carbocycles. The molecule has 7 heteroatoms. The molecule has 0 amide bonds. The maximum absolute atomic E-state index is 12.8. The van der Waals surface area contributed by atoms with Crippen LogP contribution in [0.15, 0.2) is 51.8 Å². The van der Waals surface area contributed by atoms with Crippen molar-refractivity contribution in [3.05, 3.63) is 52.5 Å². The molecule has 0 saturated carbocycles. The summed E-state index contributed by atoms with van der Waals surface area (Å²) in [6, 6.07) is 12.7. The maximum atomic E-state index is 12.8. The van der Waals surface area contributed by atoms with Gasteiger partial charge in [0.05, 0.1) is 7.11 Å². The van der Waals surface area contributed by atoms with E-state index in [4.69, 9.17) is 4.74 Å². The molecule has 1 aliphatic rings. The summed E-state index contributed by atoms with van der Waals surface area (Å²) in [7, 11) is -2.26. The topological polar surface area (TPSA) is 58.6 Å². The lowest BCUT2D eigenvalue weighted by Crippen LogP contribution is -2.29. The number of nitrogens with one attached hydrogen (secondary N) is 1. The van der Waals surface area contributed by atoms with E-state index in [0.29, 0.717) is 10.2 Å². The molecule has 0 aliphatic carbocycles. The molecule has 5 nitrogen and oxygen atoms in total. The molecule has 1 fully saturated rings. The lowest BCUT2D eigenvalue weighted by atomic mass is 10.1. The predicted octanol–water partition coefficient (Wildman–Crippen LogP) is 4.49. The average molecular weight is 453 g/mol. The van der Waals surface area contributed by atoms with Crippen LogP contribution < -0.4 is 14.4 Å². The first-order valence-corrected chi connectivity index (χ1v) is 11.4. The van der Waals surface area contributed by atoms with Gasteiger partial charge in [0, 0.05) is 29.3 Å². The van der Waals surface area contributed by atoms with Gasteiger partial charge < -0.3 is 9.64 Å². The first kappa shape index (κ1) is 20.2. The summed E-state index contributed by atoms with van der Waals surface area (Å²) in [5.74, 6) is 0.318. The van der Waals surface area contributed by atoms with Crippen molar-refractivity contribution in [3.63, 3.8) is 0 Å². The fraction of sp³-hybridized carbons (Fsp3) is 0.400. The molecule has 0 aromatic heterocycles. The van der Waals surface area contributed by atoms with Crippen LogP contribution in [0.3, 0.4) is 0 Å². The Balaban J connectivity index is 1.76. The lowest BCUT2D eigenvalue weighted by Gasteiger charge is -2.29. The van der Waals surface area contributed by atoms with Crippen LogP contribution in [0.2, 0.25) is 0 Å². The van der Waals surface area contributed by atoms with Crippen LogP contribution in [0.1, 0.15) is 37.8 Å². The SMILES string of the molecule is COc1ccc(Br)cc1S(=O)(=O)NC(C)c1ccc(N2CCCCC2)cc1. The maximum Gasteiger partial charge on any atom is 0.244 e. The predicted molar refractivity (Wildman–Crippen MR) is 112 cm³/mol. The van der Waals surface area contributed by atoms with E-state index in [1.54, 1.807) is 18.2 Å². The van der Waals surface area contributed by atoms with Gasteiger partial charge in [-0.15, -0.1) is 0 Å². The number of rotatable bonds is 6. The zero-order valence-electron chi connectivity index (χ0n) is 15.6. The van der Waals surface area contributed by atoms with Crippen LogP contribution in [0.25, 0.3) is 0 Å². The second-order valence-corrected chi connectivity index (χ2v) is 9.38. The number of hydrogen-bond donors (Lipinski definition) is 1. The van der Waals surface area contributed by atoms with Crippen molar-refractivity contribution in [1.29, 1.82) is 0 Å². The molecule has 0 bridgehead atoms. The number of nitrogens with zero attached hydrogens (tertiary/aromatic N) is 1. The highest BCUT2D eigenvalue weighted by molar-refractivity contribution is 9.10. The molecule has 1 heterocycles. The Morgan fingerprint density at radius 3 is 2.37 bits per heavy atom. The van der Waals surface area contributed by atoms with Crippen molar-refractivity contribution in [2.45, 2.75) is 37.1 Å². The number of benzene rings is 2. The van der Waals surface area contributed by atoms with Gasteiger partial charge in [-0.1, -0.05) is 28.1 Å². The number of sulfonamides is 1. The zero-order valence-corrected chi connectivity index (χ0v) is 18.0. The minimum atomic E-state index is -3.72. The quantitative estimate of drug-likeness (QED) is 0.701. The molecule has 2 aromatic rings. The molecule has 27 heavy (non-hydrogen) atoms. The molecule has 1 unspecified atom stereocenters.